The first-order valence-corrected chi connectivity index (χ1v) is 20.9. The standard InChI is InChI=1S/C33H40N4O10.C10H21NO3/c1-3-28(38)35-21-8-10-23-24-11-9-22(36-30(40)7-4-6-29(39)34-14-17-45-16-5-15-44-2)19-26(24)27(25(23)18-21)20-46-33(43)47-37-31(41)12-13-32(37)42;1-2-5-10(13)11-6-9-14-8-4-3-7-12/h8-11,18-19,27H,3-7,12-17,20H2,1-2H3,(H,34,39)(H,35,38)(H,36,40);12H,2-9H2,1H3,(H,11,13). The molecule has 1 saturated heterocycles. The molecule has 1 aliphatic heterocycles. The van der Waals surface area contributed by atoms with E-state index in [0.717, 1.165) is 47.9 Å². The number of anilines is 2. The third-order valence-corrected chi connectivity index (χ3v) is 9.33. The predicted octanol–water partition coefficient (Wildman–Crippen LogP) is 4.33. The van der Waals surface area contributed by atoms with E-state index in [9.17, 15) is 33.6 Å². The molecule has 1 heterocycles. The fourth-order valence-corrected chi connectivity index (χ4v) is 6.24. The Balaban J connectivity index is 0.000000606. The molecule has 5 N–H and O–H groups in total. The highest BCUT2D eigenvalue weighted by atomic mass is 16.8. The van der Waals surface area contributed by atoms with Crippen LogP contribution in [-0.4, -0.2) is 118 Å². The predicted molar refractivity (Wildman–Crippen MR) is 224 cm³/mol. The van der Waals surface area contributed by atoms with Crippen LogP contribution < -0.4 is 21.3 Å². The van der Waals surface area contributed by atoms with Gasteiger partial charge in [-0.1, -0.05) is 31.0 Å². The molecule has 1 aliphatic carbocycles. The zero-order valence-corrected chi connectivity index (χ0v) is 35.5. The Morgan fingerprint density at radius 2 is 1.25 bits per heavy atom. The van der Waals surface area contributed by atoms with E-state index in [1.807, 2.05) is 19.1 Å². The van der Waals surface area contributed by atoms with Crippen LogP contribution in [0, 0.1) is 0 Å². The van der Waals surface area contributed by atoms with E-state index in [2.05, 4.69) is 21.3 Å². The van der Waals surface area contributed by atoms with E-state index in [4.69, 9.17) is 28.9 Å². The second kappa shape index (κ2) is 28.2. The van der Waals surface area contributed by atoms with Crippen LogP contribution in [0.3, 0.4) is 0 Å². The van der Waals surface area contributed by atoms with Crippen LogP contribution in [0.5, 0.6) is 0 Å². The van der Waals surface area contributed by atoms with Gasteiger partial charge in [-0.05, 0) is 78.6 Å². The van der Waals surface area contributed by atoms with Gasteiger partial charge in [0.1, 0.15) is 6.61 Å². The molecule has 6 amide bonds. The van der Waals surface area contributed by atoms with E-state index in [0.29, 0.717) is 81.8 Å². The quantitative estimate of drug-likeness (QED) is 0.0504. The second-order valence-corrected chi connectivity index (χ2v) is 14.1. The van der Waals surface area contributed by atoms with Gasteiger partial charge >= 0.3 is 6.16 Å². The molecule has 4 rings (SSSR count). The third-order valence-electron chi connectivity index (χ3n) is 9.33. The number of unbranched alkanes of at least 4 members (excludes halogenated alkanes) is 1. The summed E-state index contributed by atoms with van der Waals surface area (Å²) in [7, 11) is 1.63. The van der Waals surface area contributed by atoms with Crippen LogP contribution in [0.25, 0.3) is 11.1 Å². The van der Waals surface area contributed by atoms with Crippen molar-refractivity contribution < 1.29 is 62.5 Å². The van der Waals surface area contributed by atoms with E-state index < -0.39 is 23.9 Å². The van der Waals surface area contributed by atoms with Crippen LogP contribution in [0.2, 0.25) is 0 Å². The molecule has 336 valence electrons. The molecule has 0 aromatic heterocycles. The molecule has 2 aliphatic rings. The number of rotatable bonds is 26. The van der Waals surface area contributed by atoms with Crippen molar-refractivity contribution in [1.29, 1.82) is 0 Å². The minimum Gasteiger partial charge on any atom is -0.432 e. The van der Waals surface area contributed by atoms with Gasteiger partial charge in [0, 0.05) is 102 Å². The number of amides is 6. The first-order valence-electron chi connectivity index (χ1n) is 20.9. The maximum Gasteiger partial charge on any atom is 0.533 e. The summed E-state index contributed by atoms with van der Waals surface area (Å²) in [5.74, 6) is -2.27. The second-order valence-electron chi connectivity index (χ2n) is 14.1. The zero-order valence-electron chi connectivity index (χ0n) is 35.5. The van der Waals surface area contributed by atoms with Crippen molar-refractivity contribution in [3.05, 3.63) is 47.5 Å². The topological polar surface area (TPSA) is 237 Å². The van der Waals surface area contributed by atoms with E-state index >= 15 is 0 Å². The maximum absolute atomic E-state index is 12.7. The maximum atomic E-state index is 12.7. The number of hydrogen-bond acceptors (Lipinski definition) is 13. The first kappa shape index (κ1) is 49.9. The van der Waals surface area contributed by atoms with Crippen molar-refractivity contribution in [3.63, 3.8) is 0 Å². The number of nitrogens with one attached hydrogen (secondary N) is 4. The summed E-state index contributed by atoms with van der Waals surface area (Å²) in [6, 6.07) is 10.8. The SMILES string of the molecule is CCC(=O)Nc1ccc2c(c1)C(COC(=O)ON1C(=O)CCC1=O)c1cc(NC(=O)CCCC(=O)NCCOCCCOC)ccc1-2.CCCC(=O)NCCOCCCCO. The van der Waals surface area contributed by atoms with Crippen molar-refractivity contribution in [2.24, 2.45) is 0 Å². The Morgan fingerprint density at radius 3 is 1.80 bits per heavy atom. The summed E-state index contributed by atoms with van der Waals surface area (Å²) in [5, 5.41) is 20.1. The number of carbonyl (C=O) groups is 7. The number of imide groups is 1. The van der Waals surface area contributed by atoms with Gasteiger partial charge in [0.2, 0.25) is 23.6 Å². The van der Waals surface area contributed by atoms with Crippen molar-refractivity contribution in [2.75, 3.05) is 77.1 Å². The number of fused-ring (bicyclic) bond motifs is 3. The molecule has 61 heavy (non-hydrogen) atoms. The molecule has 0 spiro atoms. The van der Waals surface area contributed by atoms with Gasteiger partial charge in [-0.15, -0.1) is 0 Å². The number of ether oxygens (including phenoxy) is 4. The first-order chi connectivity index (χ1) is 29.5. The van der Waals surface area contributed by atoms with E-state index in [1.54, 1.807) is 38.3 Å². The smallest absolute Gasteiger partial charge is 0.432 e. The molecule has 0 saturated carbocycles. The van der Waals surface area contributed by atoms with Gasteiger partial charge in [0.25, 0.3) is 11.8 Å². The van der Waals surface area contributed by atoms with E-state index in [-0.39, 0.29) is 62.5 Å². The highest BCUT2D eigenvalue weighted by Crippen LogP contribution is 2.47. The van der Waals surface area contributed by atoms with Gasteiger partial charge in [-0.25, -0.2) is 4.79 Å². The molecule has 18 nitrogen and oxygen atoms in total. The van der Waals surface area contributed by atoms with Crippen molar-refractivity contribution in [3.8, 4) is 11.1 Å². The molecule has 2 aromatic carbocycles. The Hall–Kier alpha value is -5.43. The van der Waals surface area contributed by atoms with Gasteiger partial charge in [-0.2, -0.15) is 0 Å². The number of aliphatic hydroxyl groups excluding tert-OH is 1. The lowest BCUT2D eigenvalue weighted by atomic mass is 9.97. The number of aliphatic hydroxyl groups is 1. The summed E-state index contributed by atoms with van der Waals surface area (Å²) >= 11 is 0. The van der Waals surface area contributed by atoms with Crippen molar-refractivity contribution in [2.45, 2.75) is 90.4 Å². The lowest BCUT2D eigenvalue weighted by Gasteiger charge is -2.17. The van der Waals surface area contributed by atoms with Crippen LogP contribution in [-0.2, 0) is 52.6 Å². The Bertz CT molecular complexity index is 1760. The molecular formula is C43H61N5O13. The Labute approximate surface area is 356 Å². The number of benzene rings is 2. The number of hydrogen-bond donors (Lipinski definition) is 5. The summed E-state index contributed by atoms with van der Waals surface area (Å²) < 4.78 is 21.0. The summed E-state index contributed by atoms with van der Waals surface area (Å²) in [5.41, 5.74) is 4.29. The monoisotopic (exact) mass is 855 g/mol. The summed E-state index contributed by atoms with van der Waals surface area (Å²) in [6.45, 7) is 7.49. The van der Waals surface area contributed by atoms with Crippen LogP contribution in [0.1, 0.15) is 102 Å². The Kier molecular flexibility index (Phi) is 23.1. The summed E-state index contributed by atoms with van der Waals surface area (Å²) in [6.07, 6.45) is 3.58. The highest BCUT2D eigenvalue weighted by molar-refractivity contribution is 6.01. The fourth-order valence-electron chi connectivity index (χ4n) is 6.24. The number of hydroxylamine groups is 2. The molecule has 1 atom stereocenters. The minimum atomic E-state index is -1.21. The average Bonchev–Trinajstić information content (AvgIpc) is 3.72. The highest BCUT2D eigenvalue weighted by Gasteiger charge is 2.35. The normalized spacial score (nSPS) is 13.7. The minimum absolute atomic E-state index is 0.0467. The van der Waals surface area contributed by atoms with Crippen molar-refractivity contribution >= 4 is 53.0 Å². The lowest BCUT2D eigenvalue weighted by molar-refractivity contribution is -0.177. The number of nitrogens with zero attached hydrogens (tertiary/aromatic N) is 1. The fraction of sp³-hybridized carbons (Fsp3) is 0.558. The van der Waals surface area contributed by atoms with Gasteiger partial charge < -0.3 is 45.3 Å². The molecule has 18 heteroatoms. The van der Waals surface area contributed by atoms with Crippen LogP contribution in [0.4, 0.5) is 16.2 Å². The zero-order chi connectivity index (χ0) is 44.4. The number of methoxy groups -OCH3 is 1. The Morgan fingerprint density at radius 1 is 0.689 bits per heavy atom. The summed E-state index contributed by atoms with van der Waals surface area (Å²) in [4.78, 5) is 88.9. The van der Waals surface area contributed by atoms with Gasteiger partial charge in [0.05, 0.1) is 13.2 Å². The van der Waals surface area contributed by atoms with Crippen LogP contribution in [0.15, 0.2) is 36.4 Å². The molecule has 2 aromatic rings. The largest absolute Gasteiger partial charge is 0.533 e. The van der Waals surface area contributed by atoms with E-state index in [1.165, 1.54) is 0 Å². The van der Waals surface area contributed by atoms with Crippen LogP contribution >= 0.6 is 0 Å². The van der Waals surface area contributed by atoms with Gasteiger partial charge in [0.15, 0.2) is 0 Å². The van der Waals surface area contributed by atoms with Gasteiger partial charge in [-0.3, -0.25) is 33.6 Å². The molecule has 1 fully saturated rings. The molecule has 1 unspecified atom stereocenters. The average molecular weight is 856 g/mol. The molecular weight excluding hydrogens is 794 g/mol. The molecule has 0 bridgehead atoms. The number of carbonyl (C=O) groups excluding carboxylic acids is 7. The third kappa shape index (κ3) is 18.0. The lowest BCUT2D eigenvalue weighted by Crippen LogP contribution is -2.32. The van der Waals surface area contributed by atoms with Crippen molar-refractivity contribution in [1.82, 2.24) is 15.7 Å². The molecule has 0 radical (unpaired) electrons.